The molecule has 0 aromatic heterocycles. The predicted molar refractivity (Wildman–Crippen MR) is 119 cm³/mol. The topological polar surface area (TPSA) is 58.6 Å². The summed E-state index contributed by atoms with van der Waals surface area (Å²) in [6.07, 6.45) is 2.87. The van der Waals surface area contributed by atoms with E-state index >= 15 is 0 Å². The van der Waals surface area contributed by atoms with E-state index in [0.717, 1.165) is 30.6 Å². The van der Waals surface area contributed by atoms with E-state index in [0.29, 0.717) is 19.5 Å². The molecule has 0 aliphatic carbocycles. The number of piperidine rings is 1. The maximum absolute atomic E-state index is 12.5. The van der Waals surface area contributed by atoms with Crippen LogP contribution in [0.2, 0.25) is 0 Å². The van der Waals surface area contributed by atoms with Crippen LogP contribution in [0.15, 0.2) is 42.5 Å². The molecular formula is C25H32N2O3. The Kier molecular flexibility index (Phi) is 7.50. The smallest absolute Gasteiger partial charge is 0.258 e. The Morgan fingerprint density at radius 1 is 1.00 bits per heavy atom. The average molecular weight is 409 g/mol. The highest BCUT2D eigenvalue weighted by Crippen LogP contribution is 2.19. The number of likely N-dealkylation sites (tertiary alicyclic amines) is 1. The van der Waals surface area contributed by atoms with Crippen LogP contribution in [-0.4, -0.2) is 42.5 Å². The Bertz CT molecular complexity index is 868. The summed E-state index contributed by atoms with van der Waals surface area (Å²) in [5.41, 5.74) is 4.62. The summed E-state index contributed by atoms with van der Waals surface area (Å²) < 4.78 is 5.66. The van der Waals surface area contributed by atoms with Crippen molar-refractivity contribution in [3.8, 4) is 5.75 Å². The normalized spacial score (nSPS) is 14.4. The molecule has 5 heteroatoms. The van der Waals surface area contributed by atoms with Crippen LogP contribution < -0.4 is 10.1 Å². The number of aryl methyl sites for hydroxylation is 4. The first-order valence-electron chi connectivity index (χ1n) is 10.7. The van der Waals surface area contributed by atoms with E-state index in [1.54, 1.807) is 0 Å². The van der Waals surface area contributed by atoms with Gasteiger partial charge in [-0.25, -0.2) is 0 Å². The van der Waals surface area contributed by atoms with E-state index in [9.17, 15) is 9.59 Å². The van der Waals surface area contributed by atoms with Gasteiger partial charge in [-0.05, 0) is 57.2 Å². The van der Waals surface area contributed by atoms with Crippen LogP contribution in [0.3, 0.4) is 0 Å². The molecule has 2 aromatic rings. The van der Waals surface area contributed by atoms with Gasteiger partial charge in [0.1, 0.15) is 5.75 Å². The molecule has 3 rings (SSSR count). The summed E-state index contributed by atoms with van der Waals surface area (Å²) in [4.78, 5) is 26.7. The van der Waals surface area contributed by atoms with Crippen molar-refractivity contribution in [1.82, 2.24) is 10.2 Å². The lowest BCUT2D eigenvalue weighted by Crippen LogP contribution is -2.47. The summed E-state index contributed by atoms with van der Waals surface area (Å²) in [6.45, 7) is 7.47. The molecule has 0 saturated carbocycles. The van der Waals surface area contributed by atoms with E-state index in [1.807, 2.05) is 36.9 Å². The van der Waals surface area contributed by atoms with Gasteiger partial charge in [0.05, 0.1) is 0 Å². The summed E-state index contributed by atoms with van der Waals surface area (Å²) in [6, 6.07) is 14.4. The molecule has 30 heavy (non-hydrogen) atoms. The van der Waals surface area contributed by atoms with E-state index in [-0.39, 0.29) is 24.5 Å². The van der Waals surface area contributed by atoms with Crippen LogP contribution in [0.4, 0.5) is 0 Å². The quantitative estimate of drug-likeness (QED) is 0.759. The van der Waals surface area contributed by atoms with E-state index in [2.05, 4.69) is 36.5 Å². The average Bonchev–Trinajstić information content (AvgIpc) is 2.73. The van der Waals surface area contributed by atoms with Crippen molar-refractivity contribution in [3.63, 3.8) is 0 Å². The molecule has 1 aliphatic heterocycles. The van der Waals surface area contributed by atoms with Crippen LogP contribution in [0.25, 0.3) is 0 Å². The van der Waals surface area contributed by atoms with Crippen molar-refractivity contribution < 1.29 is 14.3 Å². The third kappa shape index (κ3) is 6.34. The highest BCUT2D eigenvalue weighted by atomic mass is 16.5. The predicted octanol–water partition coefficient (Wildman–Crippen LogP) is 3.73. The van der Waals surface area contributed by atoms with Crippen molar-refractivity contribution in [1.29, 1.82) is 0 Å². The molecule has 0 spiro atoms. The number of carbonyl (C=O) groups excluding carboxylic acids is 2. The van der Waals surface area contributed by atoms with E-state index < -0.39 is 0 Å². The second-order valence-corrected chi connectivity index (χ2v) is 8.27. The van der Waals surface area contributed by atoms with Gasteiger partial charge in [0.25, 0.3) is 5.91 Å². The fourth-order valence-electron chi connectivity index (χ4n) is 3.81. The van der Waals surface area contributed by atoms with Gasteiger partial charge in [-0.3, -0.25) is 9.59 Å². The van der Waals surface area contributed by atoms with E-state index in [1.165, 1.54) is 16.7 Å². The fourth-order valence-corrected chi connectivity index (χ4v) is 3.81. The van der Waals surface area contributed by atoms with Crippen molar-refractivity contribution in [2.45, 2.75) is 52.5 Å². The molecule has 0 radical (unpaired) electrons. The number of carbonyl (C=O) groups is 2. The lowest BCUT2D eigenvalue weighted by molar-refractivity contribution is -0.132. The summed E-state index contributed by atoms with van der Waals surface area (Å²) in [5.74, 6) is 0.822. The zero-order chi connectivity index (χ0) is 21.5. The van der Waals surface area contributed by atoms with E-state index in [4.69, 9.17) is 4.74 Å². The molecule has 5 nitrogen and oxygen atoms in total. The number of ether oxygens (including phenoxy) is 1. The Morgan fingerprint density at radius 2 is 1.67 bits per heavy atom. The molecule has 1 heterocycles. The highest BCUT2D eigenvalue weighted by molar-refractivity contribution is 5.78. The first kappa shape index (κ1) is 21.9. The second kappa shape index (κ2) is 10.3. The Labute approximate surface area is 179 Å². The first-order valence-corrected chi connectivity index (χ1v) is 10.7. The number of rotatable bonds is 7. The number of amides is 2. The Hall–Kier alpha value is -2.82. The zero-order valence-corrected chi connectivity index (χ0v) is 18.2. The number of hydrogen-bond acceptors (Lipinski definition) is 3. The number of hydrogen-bond donors (Lipinski definition) is 1. The summed E-state index contributed by atoms with van der Waals surface area (Å²) in [5, 5.41) is 3.04. The third-order valence-electron chi connectivity index (χ3n) is 5.65. The van der Waals surface area contributed by atoms with Crippen molar-refractivity contribution in [2.24, 2.45) is 0 Å². The van der Waals surface area contributed by atoms with Crippen molar-refractivity contribution >= 4 is 11.8 Å². The van der Waals surface area contributed by atoms with Gasteiger partial charge >= 0.3 is 0 Å². The summed E-state index contributed by atoms with van der Waals surface area (Å²) in [7, 11) is 0. The maximum atomic E-state index is 12.5. The molecule has 1 saturated heterocycles. The van der Waals surface area contributed by atoms with Gasteiger partial charge in [0.15, 0.2) is 6.61 Å². The van der Waals surface area contributed by atoms with Gasteiger partial charge in [-0.2, -0.15) is 0 Å². The molecule has 1 N–H and O–H groups in total. The van der Waals surface area contributed by atoms with Crippen LogP contribution in [0, 0.1) is 20.8 Å². The minimum absolute atomic E-state index is 0.0135. The SMILES string of the molecule is Cc1ccc(CCC(=O)N2CCC(NC(=O)COc3ccc(C)cc3C)CC2)cc1. The van der Waals surface area contributed by atoms with Gasteiger partial charge in [-0.1, -0.05) is 47.5 Å². The minimum Gasteiger partial charge on any atom is -0.484 e. The molecule has 0 atom stereocenters. The van der Waals surface area contributed by atoms with Crippen LogP contribution in [0.1, 0.15) is 41.5 Å². The molecule has 0 unspecified atom stereocenters. The number of nitrogens with zero attached hydrogens (tertiary/aromatic N) is 1. The summed E-state index contributed by atoms with van der Waals surface area (Å²) >= 11 is 0. The third-order valence-corrected chi connectivity index (χ3v) is 5.65. The van der Waals surface area contributed by atoms with Crippen LogP contribution in [0.5, 0.6) is 5.75 Å². The largest absolute Gasteiger partial charge is 0.484 e. The molecular weight excluding hydrogens is 376 g/mol. The molecule has 1 aliphatic rings. The fraction of sp³-hybridized carbons (Fsp3) is 0.440. The van der Waals surface area contributed by atoms with Crippen LogP contribution >= 0.6 is 0 Å². The zero-order valence-electron chi connectivity index (χ0n) is 18.2. The number of benzene rings is 2. The maximum Gasteiger partial charge on any atom is 0.258 e. The lowest BCUT2D eigenvalue weighted by Gasteiger charge is -2.32. The standard InChI is InChI=1S/C25H32N2O3/c1-18-4-7-21(8-5-18)9-11-25(29)27-14-12-22(13-15-27)26-24(28)17-30-23-10-6-19(2)16-20(23)3/h4-8,10,16,22H,9,11-15,17H2,1-3H3,(H,26,28). The molecule has 0 bridgehead atoms. The van der Waals surface area contributed by atoms with Gasteiger partial charge in [-0.15, -0.1) is 0 Å². The molecule has 2 amide bonds. The minimum atomic E-state index is -0.112. The molecule has 1 fully saturated rings. The first-order chi connectivity index (χ1) is 14.4. The Balaban J connectivity index is 1.36. The molecule has 2 aromatic carbocycles. The van der Waals surface area contributed by atoms with Gasteiger partial charge < -0.3 is 15.0 Å². The Morgan fingerprint density at radius 3 is 2.33 bits per heavy atom. The van der Waals surface area contributed by atoms with Gasteiger partial charge in [0.2, 0.25) is 5.91 Å². The van der Waals surface area contributed by atoms with Gasteiger partial charge in [0, 0.05) is 25.6 Å². The van der Waals surface area contributed by atoms with Crippen molar-refractivity contribution in [2.75, 3.05) is 19.7 Å². The van der Waals surface area contributed by atoms with Crippen LogP contribution in [-0.2, 0) is 16.0 Å². The number of nitrogens with one attached hydrogen (secondary N) is 1. The molecule has 160 valence electrons. The second-order valence-electron chi connectivity index (χ2n) is 8.27. The lowest BCUT2D eigenvalue weighted by atomic mass is 10.0. The van der Waals surface area contributed by atoms with Crippen molar-refractivity contribution in [3.05, 3.63) is 64.7 Å². The highest BCUT2D eigenvalue weighted by Gasteiger charge is 2.23. The monoisotopic (exact) mass is 408 g/mol.